The number of amides is 3. The van der Waals surface area contributed by atoms with E-state index >= 15 is 4.39 Å². The number of carboxylic acids is 1. The molecule has 105 heavy (non-hydrogen) atoms. The van der Waals surface area contributed by atoms with Gasteiger partial charge in [0.2, 0.25) is 11.8 Å². The molecule has 0 aliphatic carbocycles. The topological polar surface area (TPSA) is 333 Å². The van der Waals surface area contributed by atoms with Crippen LogP contribution in [-0.2, 0) is 46.5 Å². The van der Waals surface area contributed by atoms with Crippen molar-refractivity contribution in [3.63, 3.8) is 0 Å². The molecule has 2 atom stereocenters. The highest BCUT2D eigenvalue weighted by Gasteiger charge is 2.34. The number of ether oxygens (including phenoxy) is 4. The Kier molecular flexibility index (Phi) is 24.1. The highest BCUT2D eigenvalue weighted by atomic mass is 19.1. The Hall–Kier alpha value is -11.2. The third-order valence-corrected chi connectivity index (χ3v) is 16.5. The summed E-state index contributed by atoms with van der Waals surface area (Å²) in [6.45, 7) is 25.4. The molecule has 2 saturated heterocycles. The molecule has 6 aromatic heterocycles. The largest absolute Gasteiger partial charge is 0.497 e. The quantitative estimate of drug-likeness (QED) is 0.0565. The summed E-state index contributed by atoms with van der Waals surface area (Å²) < 4.78 is 81.3. The smallest absolute Gasteiger partial charge is 0.410 e. The van der Waals surface area contributed by atoms with Crippen LogP contribution in [0.25, 0.3) is 44.3 Å². The number of benzene rings is 4. The molecule has 6 N–H and O–H groups in total. The van der Waals surface area contributed by atoms with Crippen molar-refractivity contribution in [3.8, 4) is 33.8 Å². The number of nitrogens with zero attached hydrogens (tertiary/aromatic N) is 12. The Morgan fingerprint density at radius 2 is 1.02 bits per heavy atom. The Morgan fingerprint density at radius 1 is 0.610 bits per heavy atom. The van der Waals surface area contributed by atoms with Crippen molar-refractivity contribution >= 4 is 57.8 Å². The molecule has 4 aromatic carbocycles. The van der Waals surface area contributed by atoms with Gasteiger partial charge in [0.15, 0.2) is 22.9 Å². The standard InChI is InChI=1S/C37H43FN8O5.C30H35FN6O3.C7H10N2O3.CH3F/c1-36(2,3)34-42-31(44-51-34)33(47)40-19-24-11-10-23(18-28(24)38)27-14-16-39-32-29(27)30(43-46(32)20-22-8-12-26(49-7)13-9-22)41-25-15-17-45(21-25)35(48)50-37(4,5)6;1-30(2,3)40-29(38)36-14-12-22(18-36)34-27-26-24(20-7-8-21(16-32)25(31)15-20)11-13-33-28(26)37(35-27)17-19-5-9-23(39-4)10-6-19;1-7(2,3)6-8-4(5(10)11)9-12-6;1-2/h8-14,16,18,25H,15,17,19-21H2,1-7H3,(H,40,47)(H,41,43);5-11,13,15,22H,12,14,16-18,32H2,1-4H3,(H,34,35);1-3H3,(H,10,11);1H3/t25-;22-;;/m11../s1/i;;;1D. The maximum absolute atomic E-state index is 15.7. The number of nitrogens with two attached hydrogens (primary N) is 1. The first-order chi connectivity index (χ1) is 50.1. The maximum atomic E-state index is 15.7. The third kappa shape index (κ3) is 20.0. The van der Waals surface area contributed by atoms with Gasteiger partial charge in [-0.25, -0.2) is 42.5 Å². The first-order valence-corrected chi connectivity index (χ1v) is 33.9. The summed E-state index contributed by atoms with van der Waals surface area (Å²) in [7, 11) is 2.26. The number of carbonyl (C=O) groups is 4. The van der Waals surface area contributed by atoms with Crippen LogP contribution in [0.3, 0.4) is 0 Å². The van der Waals surface area contributed by atoms with Crippen molar-refractivity contribution in [1.82, 2.24) is 64.9 Å². The highest BCUT2D eigenvalue weighted by molar-refractivity contribution is 6.02. The lowest BCUT2D eigenvalue weighted by molar-refractivity contribution is 0.0283. The van der Waals surface area contributed by atoms with Gasteiger partial charge in [-0.15, -0.1) is 0 Å². The Balaban J connectivity index is 0.000000209. The number of fused-ring (bicyclic) bond motifs is 2. The van der Waals surface area contributed by atoms with Gasteiger partial charge < -0.3 is 64.6 Å². The van der Waals surface area contributed by atoms with E-state index in [9.17, 15) is 28.0 Å². The number of aromatic carboxylic acids is 1. The van der Waals surface area contributed by atoms with Gasteiger partial charge in [0.05, 0.1) is 46.6 Å². The fourth-order valence-electron chi connectivity index (χ4n) is 11.3. The molecule has 0 bridgehead atoms. The van der Waals surface area contributed by atoms with Crippen LogP contribution >= 0.6 is 0 Å². The van der Waals surface area contributed by atoms with E-state index in [1.165, 1.54) is 12.1 Å². The molecule has 10 aromatic rings. The van der Waals surface area contributed by atoms with Gasteiger partial charge in [-0.05, 0) is 141 Å². The average Bonchev–Trinajstić information content (AvgIpc) is 1.60. The molecule has 3 amide bonds. The Bertz CT molecular complexity index is 4690. The number of likely N-dealkylation sites (tertiary alicyclic amines) is 2. The van der Waals surface area contributed by atoms with Crippen LogP contribution < -0.4 is 31.2 Å². The molecule has 0 unspecified atom stereocenters. The fraction of sp³-hybridized carbons (Fsp3) is 0.413. The number of carbonyl (C=O) groups excluding carboxylic acids is 3. The highest BCUT2D eigenvalue weighted by Crippen LogP contribution is 2.38. The van der Waals surface area contributed by atoms with Crippen LogP contribution in [0.2, 0.25) is 0 Å². The second-order valence-corrected chi connectivity index (χ2v) is 29.1. The molecular weight excluding hydrogens is 1360 g/mol. The van der Waals surface area contributed by atoms with Crippen molar-refractivity contribution in [2.45, 2.75) is 156 Å². The molecule has 8 heterocycles. The molecule has 30 heteroatoms. The molecule has 0 spiro atoms. The van der Waals surface area contributed by atoms with E-state index in [0.29, 0.717) is 108 Å². The summed E-state index contributed by atoms with van der Waals surface area (Å²) in [6, 6.07) is 29.0. The first kappa shape index (κ1) is 76.5. The SMILES string of the molecule is CC(C)(C)c1nc(C(=O)O)no1.COc1ccc(Cn2nc(N[C@@H]3CCN(C(=O)OC(C)(C)C)C3)c3c(-c4ccc(CN)c(F)c4)ccnc32)cc1.COc1ccc(Cn2nc(N[C@@H]3CCN(C(=O)OC(C)(C)C)C3)c3c(-c4ccc(CNC(=O)c5noc(C(C)(C)C)n5)c(F)c4)ccnc32)cc1.[2H]CF. The fourth-order valence-corrected chi connectivity index (χ4v) is 11.3. The van der Waals surface area contributed by atoms with Crippen molar-refractivity contribution in [2.24, 2.45) is 5.73 Å². The lowest BCUT2D eigenvalue weighted by Gasteiger charge is -2.24. The molecule has 0 radical (unpaired) electrons. The minimum atomic E-state index is -1.17. The van der Waals surface area contributed by atoms with Crippen LogP contribution in [-0.4, -0.2) is 160 Å². The average molecular weight is 1450 g/mol. The van der Waals surface area contributed by atoms with Crippen LogP contribution in [0.4, 0.5) is 34.4 Å². The molecule has 0 saturated carbocycles. The number of aromatic nitrogens is 10. The minimum Gasteiger partial charge on any atom is -0.497 e. The zero-order valence-electron chi connectivity index (χ0n) is 62.4. The number of alkyl halides is 1. The summed E-state index contributed by atoms with van der Waals surface area (Å²) in [6.07, 6.45) is 4.13. The van der Waals surface area contributed by atoms with E-state index in [-0.39, 0.29) is 60.2 Å². The zero-order chi connectivity index (χ0) is 77.0. The summed E-state index contributed by atoms with van der Waals surface area (Å²) >= 11 is 0. The van der Waals surface area contributed by atoms with E-state index in [4.69, 9.17) is 55.4 Å². The molecule has 2 fully saturated rings. The summed E-state index contributed by atoms with van der Waals surface area (Å²) in [5.74, 6) is 0.405. The van der Waals surface area contributed by atoms with Crippen LogP contribution in [0.15, 0.2) is 119 Å². The number of carboxylic acid groups (broad SMARTS) is 1. The first-order valence-electron chi connectivity index (χ1n) is 34.7. The molecule has 27 nitrogen and oxygen atoms in total. The van der Waals surface area contributed by atoms with Crippen LogP contribution in [0.1, 0.15) is 153 Å². The van der Waals surface area contributed by atoms with Gasteiger partial charge in [-0.1, -0.05) is 95.2 Å². The lowest BCUT2D eigenvalue weighted by Crippen LogP contribution is -2.36. The van der Waals surface area contributed by atoms with Gasteiger partial charge in [-0.2, -0.15) is 20.2 Å². The normalized spacial score (nSPS) is 14.6. The minimum absolute atomic E-state index is 0.0375. The Labute approximate surface area is 607 Å². The van der Waals surface area contributed by atoms with Gasteiger partial charge in [0.1, 0.15) is 34.3 Å². The second kappa shape index (κ2) is 33.1. The number of anilines is 2. The number of nitrogens with one attached hydrogen (secondary N) is 3. The number of rotatable bonds is 17. The van der Waals surface area contributed by atoms with Gasteiger partial charge in [-0.3, -0.25) is 9.18 Å². The van der Waals surface area contributed by atoms with Gasteiger partial charge >= 0.3 is 18.2 Å². The summed E-state index contributed by atoms with van der Waals surface area (Å²) in [5.41, 5.74) is 10.7. The number of pyridine rings is 2. The van der Waals surface area contributed by atoms with Crippen LogP contribution in [0, 0.1) is 11.6 Å². The van der Waals surface area contributed by atoms with Crippen molar-refractivity contribution in [2.75, 3.05) is 58.2 Å². The number of methoxy groups -OCH3 is 2. The van der Waals surface area contributed by atoms with E-state index in [1.807, 2.05) is 159 Å². The van der Waals surface area contributed by atoms with Gasteiger partial charge in [0.25, 0.3) is 17.6 Å². The van der Waals surface area contributed by atoms with E-state index in [2.05, 4.69) is 41.2 Å². The van der Waals surface area contributed by atoms with Crippen molar-refractivity contribution in [1.29, 1.82) is 0 Å². The van der Waals surface area contributed by atoms with E-state index in [0.717, 1.165) is 45.6 Å². The Morgan fingerprint density at radius 3 is 1.38 bits per heavy atom. The summed E-state index contributed by atoms with van der Waals surface area (Å²) in [4.78, 5) is 69.1. The van der Waals surface area contributed by atoms with Crippen LogP contribution in [0.5, 0.6) is 11.5 Å². The molecule has 558 valence electrons. The van der Waals surface area contributed by atoms with E-state index in [1.54, 1.807) is 54.6 Å². The summed E-state index contributed by atoms with van der Waals surface area (Å²) in [5, 5.41) is 36.7. The molecule has 2 aliphatic rings. The third-order valence-electron chi connectivity index (χ3n) is 16.5. The zero-order valence-corrected chi connectivity index (χ0v) is 61.4. The van der Waals surface area contributed by atoms with Gasteiger partial charge in [0, 0.05) is 85.7 Å². The predicted octanol–water partition coefficient (Wildman–Crippen LogP) is 13.2. The molecule has 12 rings (SSSR count). The monoisotopic (exact) mass is 1450 g/mol. The molecule has 2 aliphatic heterocycles. The van der Waals surface area contributed by atoms with Crippen molar-refractivity contribution < 1.29 is 66.8 Å². The second-order valence-electron chi connectivity index (χ2n) is 29.1. The predicted molar refractivity (Wildman–Crippen MR) is 389 cm³/mol. The molecular formula is C75H91F3N16O11. The lowest BCUT2D eigenvalue weighted by atomic mass is 9.97. The van der Waals surface area contributed by atoms with Crippen molar-refractivity contribution in [3.05, 3.63) is 167 Å². The maximum Gasteiger partial charge on any atom is 0.410 e. The number of hydrogen-bond acceptors (Lipinski definition) is 21. The number of hydrogen-bond donors (Lipinski definition) is 5. The van der Waals surface area contributed by atoms with E-state index < -0.39 is 41.5 Å². The number of halogens is 3.